The minimum absolute atomic E-state index is 0.0890. The zero-order chi connectivity index (χ0) is 16.7. The van der Waals surface area contributed by atoms with Gasteiger partial charge in [-0.3, -0.25) is 0 Å². The molecule has 122 valence electrons. The van der Waals surface area contributed by atoms with Gasteiger partial charge in [0.1, 0.15) is 11.5 Å². The molecule has 2 rings (SSSR count). The third-order valence-corrected chi connectivity index (χ3v) is 2.98. The maximum Gasteiger partial charge on any atom is 0.387 e. The number of thiocarbonyl (C=S) groups is 1. The molecule has 0 bridgehead atoms. The fourth-order valence-corrected chi connectivity index (χ4v) is 2.08. The Morgan fingerprint density at radius 1 is 1.09 bits per heavy atom. The van der Waals surface area contributed by atoms with Crippen molar-refractivity contribution in [2.75, 3.05) is 17.2 Å². The largest absolute Gasteiger partial charge is 0.492 e. The van der Waals surface area contributed by atoms with Gasteiger partial charge in [-0.05, 0) is 55.5 Å². The van der Waals surface area contributed by atoms with E-state index in [0.717, 1.165) is 5.69 Å². The first-order valence-corrected chi connectivity index (χ1v) is 7.34. The van der Waals surface area contributed by atoms with Gasteiger partial charge in [0, 0.05) is 5.69 Å². The van der Waals surface area contributed by atoms with Gasteiger partial charge in [0.15, 0.2) is 5.11 Å². The Morgan fingerprint density at radius 2 is 1.78 bits per heavy atom. The summed E-state index contributed by atoms with van der Waals surface area (Å²) in [4.78, 5) is 0. The van der Waals surface area contributed by atoms with Gasteiger partial charge in [-0.25, -0.2) is 0 Å². The van der Waals surface area contributed by atoms with Crippen molar-refractivity contribution in [1.82, 2.24) is 0 Å². The van der Waals surface area contributed by atoms with Crippen LogP contribution in [-0.4, -0.2) is 18.3 Å². The summed E-state index contributed by atoms with van der Waals surface area (Å²) >= 11 is 5.24. The van der Waals surface area contributed by atoms with Gasteiger partial charge in [-0.15, -0.1) is 0 Å². The van der Waals surface area contributed by atoms with Gasteiger partial charge in [-0.1, -0.05) is 12.1 Å². The predicted octanol–water partition coefficient (Wildman–Crippen LogP) is 4.50. The van der Waals surface area contributed by atoms with Gasteiger partial charge in [0.05, 0.1) is 12.3 Å². The lowest BCUT2D eigenvalue weighted by molar-refractivity contribution is -0.0498. The molecule has 0 spiro atoms. The minimum Gasteiger partial charge on any atom is -0.492 e. The van der Waals surface area contributed by atoms with Crippen molar-refractivity contribution in [3.63, 3.8) is 0 Å². The average Bonchev–Trinajstić information content (AvgIpc) is 2.51. The Morgan fingerprint density at radius 3 is 2.43 bits per heavy atom. The number of alkyl halides is 2. The Balaban J connectivity index is 1.97. The Labute approximate surface area is 138 Å². The molecule has 0 aliphatic carbocycles. The smallest absolute Gasteiger partial charge is 0.387 e. The standard InChI is InChI=1S/C16H16F2N2O2S/c1-2-21-14-6-4-3-5-13(14)20-16(23)19-11-7-9-12(10-8-11)22-15(17)18/h3-10,15H,2H2,1H3,(H2,19,20,23). The van der Waals surface area contributed by atoms with Crippen molar-refractivity contribution >= 4 is 28.7 Å². The van der Waals surface area contributed by atoms with E-state index in [4.69, 9.17) is 17.0 Å². The Hall–Kier alpha value is -2.41. The third-order valence-electron chi connectivity index (χ3n) is 2.77. The molecule has 0 aliphatic heterocycles. The molecule has 0 amide bonds. The first-order chi connectivity index (χ1) is 11.1. The van der Waals surface area contributed by atoms with E-state index in [1.54, 1.807) is 12.1 Å². The minimum atomic E-state index is -2.84. The summed E-state index contributed by atoms with van der Waals surface area (Å²) in [5.74, 6) is 0.783. The van der Waals surface area contributed by atoms with Gasteiger partial charge >= 0.3 is 6.61 Å². The number of halogens is 2. The number of anilines is 2. The SMILES string of the molecule is CCOc1ccccc1NC(=S)Nc1ccc(OC(F)F)cc1. The van der Waals surface area contributed by atoms with Crippen LogP contribution in [0.4, 0.5) is 20.2 Å². The van der Waals surface area contributed by atoms with Gasteiger partial charge in [0.2, 0.25) is 0 Å². The third kappa shape index (κ3) is 5.37. The molecule has 23 heavy (non-hydrogen) atoms. The van der Waals surface area contributed by atoms with E-state index >= 15 is 0 Å². The summed E-state index contributed by atoms with van der Waals surface area (Å²) in [5, 5.41) is 6.36. The van der Waals surface area contributed by atoms with Crippen molar-refractivity contribution in [2.45, 2.75) is 13.5 Å². The molecule has 0 saturated carbocycles. The number of para-hydroxylation sites is 2. The quantitative estimate of drug-likeness (QED) is 0.760. The normalized spacial score (nSPS) is 10.3. The van der Waals surface area contributed by atoms with Crippen molar-refractivity contribution < 1.29 is 18.3 Å². The number of ether oxygens (including phenoxy) is 2. The Kier molecular flexibility index (Phi) is 6.10. The van der Waals surface area contributed by atoms with Crippen LogP contribution < -0.4 is 20.1 Å². The lowest BCUT2D eigenvalue weighted by Gasteiger charge is -2.14. The van der Waals surface area contributed by atoms with Gasteiger partial charge < -0.3 is 20.1 Å². The first kappa shape index (κ1) is 17.0. The fourth-order valence-electron chi connectivity index (χ4n) is 1.86. The van der Waals surface area contributed by atoms with Crippen LogP contribution in [0.15, 0.2) is 48.5 Å². The van der Waals surface area contributed by atoms with E-state index in [1.165, 1.54) is 12.1 Å². The van der Waals surface area contributed by atoms with Crippen LogP contribution in [0.25, 0.3) is 0 Å². The molecule has 0 aliphatic rings. The molecule has 0 saturated heterocycles. The summed E-state index contributed by atoms with van der Waals surface area (Å²) in [6.45, 7) is -0.396. The van der Waals surface area contributed by atoms with E-state index in [0.29, 0.717) is 23.2 Å². The molecule has 4 nitrogen and oxygen atoms in total. The van der Waals surface area contributed by atoms with Crippen LogP contribution >= 0.6 is 12.2 Å². The number of rotatable bonds is 6. The van der Waals surface area contributed by atoms with Crippen molar-refractivity contribution in [3.8, 4) is 11.5 Å². The van der Waals surface area contributed by atoms with Crippen molar-refractivity contribution in [1.29, 1.82) is 0 Å². The van der Waals surface area contributed by atoms with E-state index in [-0.39, 0.29) is 5.75 Å². The highest BCUT2D eigenvalue weighted by atomic mass is 32.1. The number of nitrogens with one attached hydrogen (secondary N) is 2. The number of hydrogen-bond acceptors (Lipinski definition) is 3. The molecule has 2 aromatic carbocycles. The fraction of sp³-hybridized carbons (Fsp3) is 0.188. The zero-order valence-corrected chi connectivity index (χ0v) is 13.2. The molecule has 0 radical (unpaired) electrons. The second-order valence-corrected chi connectivity index (χ2v) is 4.82. The lowest BCUT2D eigenvalue weighted by Crippen LogP contribution is -2.19. The van der Waals surface area contributed by atoms with Crippen LogP contribution in [0.2, 0.25) is 0 Å². The molecule has 0 unspecified atom stereocenters. The van der Waals surface area contributed by atoms with E-state index in [9.17, 15) is 8.78 Å². The van der Waals surface area contributed by atoms with Crippen LogP contribution in [0.3, 0.4) is 0 Å². The molecule has 0 atom stereocenters. The van der Waals surface area contributed by atoms with Crippen LogP contribution in [0.1, 0.15) is 6.92 Å². The highest BCUT2D eigenvalue weighted by Crippen LogP contribution is 2.24. The van der Waals surface area contributed by atoms with Crippen LogP contribution in [0, 0.1) is 0 Å². The van der Waals surface area contributed by atoms with E-state index in [1.807, 2.05) is 31.2 Å². The molecule has 0 fully saturated rings. The van der Waals surface area contributed by atoms with Gasteiger partial charge in [0.25, 0.3) is 0 Å². The lowest BCUT2D eigenvalue weighted by atomic mass is 10.3. The average molecular weight is 338 g/mol. The zero-order valence-electron chi connectivity index (χ0n) is 12.4. The van der Waals surface area contributed by atoms with E-state index < -0.39 is 6.61 Å². The topological polar surface area (TPSA) is 42.5 Å². The molecule has 2 aromatic rings. The number of benzene rings is 2. The van der Waals surface area contributed by atoms with E-state index in [2.05, 4.69) is 15.4 Å². The maximum atomic E-state index is 12.1. The second-order valence-electron chi connectivity index (χ2n) is 4.41. The highest BCUT2D eigenvalue weighted by Gasteiger charge is 2.06. The molecule has 0 aromatic heterocycles. The van der Waals surface area contributed by atoms with Crippen LogP contribution in [-0.2, 0) is 0 Å². The summed E-state index contributed by atoms with van der Waals surface area (Å²) in [6, 6.07) is 13.5. The molecular weight excluding hydrogens is 322 g/mol. The summed E-state index contributed by atoms with van der Waals surface area (Å²) in [6.07, 6.45) is 0. The van der Waals surface area contributed by atoms with Crippen molar-refractivity contribution in [2.24, 2.45) is 0 Å². The maximum absolute atomic E-state index is 12.1. The van der Waals surface area contributed by atoms with Crippen LogP contribution in [0.5, 0.6) is 11.5 Å². The molecule has 2 N–H and O–H groups in total. The second kappa shape index (κ2) is 8.28. The monoisotopic (exact) mass is 338 g/mol. The first-order valence-electron chi connectivity index (χ1n) is 6.93. The van der Waals surface area contributed by atoms with Crippen molar-refractivity contribution in [3.05, 3.63) is 48.5 Å². The molecule has 7 heteroatoms. The molecular formula is C16H16F2N2O2S. The summed E-state index contributed by atoms with van der Waals surface area (Å²) < 4.78 is 34.0. The Bertz CT molecular complexity index is 651. The predicted molar refractivity (Wildman–Crippen MR) is 90.5 cm³/mol. The summed E-state index contributed by atoms with van der Waals surface area (Å²) in [5.41, 5.74) is 1.39. The highest BCUT2D eigenvalue weighted by molar-refractivity contribution is 7.80. The summed E-state index contributed by atoms with van der Waals surface area (Å²) in [7, 11) is 0. The number of hydrogen-bond donors (Lipinski definition) is 2. The molecule has 0 heterocycles. The van der Waals surface area contributed by atoms with Gasteiger partial charge in [-0.2, -0.15) is 8.78 Å².